The number of aliphatic carboxylic acids is 2. The van der Waals surface area contributed by atoms with Crippen molar-refractivity contribution in [2.24, 2.45) is 5.92 Å². The van der Waals surface area contributed by atoms with Crippen LogP contribution in [0.2, 0.25) is 0 Å². The smallest absolute Gasteiger partial charge is 0.337 e. The Balaban J connectivity index is 0.000000260. The summed E-state index contributed by atoms with van der Waals surface area (Å²) in [6.45, 7) is 3.33. The first-order chi connectivity index (χ1) is 15.5. The van der Waals surface area contributed by atoms with Crippen molar-refractivity contribution in [3.8, 4) is 22.6 Å². The van der Waals surface area contributed by atoms with Gasteiger partial charge in [-0.2, -0.15) is 5.48 Å². The van der Waals surface area contributed by atoms with Crippen molar-refractivity contribution in [1.29, 1.82) is 0 Å². The second-order valence-corrected chi connectivity index (χ2v) is 7.61. The first kappa shape index (κ1) is 25.4. The third-order valence-corrected chi connectivity index (χ3v) is 4.80. The number of benzene rings is 2. The number of hydroxylamine groups is 1. The molecule has 2 aromatic carbocycles. The van der Waals surface area contributed by atoms with Crippen LogP contribution in [0, 0.1) is 5.92 Å². The molecule has 176 valence electrons. The Bertz CT molecular complexity index is 1170. The molecular weight excluding hydrogens is 434 g/mol. The standard InChI is InChI=1S/C16H12O4.C7H13NO5/c1-19-12-6-7-13-15(8-12)20-9-14(16(13)18)10-2-4-11(17)5-3-10;1-4(2)3-7(8-13,5(9)10)6(11)12/h2-9,17H,1H3;4,8,13H,3H2,1-2H3,(H,9,10)(H,11,12). The zero-order valence-electron chi connectivity index (χ0n) is 18.2. The number of ether oxygens (including phenoxy) is 1. The fourth-order valence-corrected chi connectivity index (χ4v) is 3.10. The zero-order chi connectivity index (χ0) is 24.8. The normalized spacial score (nSPS) is 11.1. The molecule has 0 bridgehead atoms. The Morgan fingerprint density at radius 2 is 1.70 bits per heavy atom. The van der Waals surface area contributed by atoms with E-state index < -0.39 is 17.5 Å². The lowest BCUT2D eigenvalue weighted by Gasteiger charge is -2.24. The number of phenolic OH excluding ortho intramolecular Hbond substituents is 1. The number of carbonyl (C=O) groups is 2. The van der Waals surface area contributed by atoms with Gasteiger partial charge in [-0.1, -0.05) is 26.0 Å². The van der Waals surface area contributed by atoms with E-state index >= 15 is 0 Å². The predicted octanol–water partition coefficient (Wildman–Crippen LogP) is 3.09. The molecule has 10 nitrogen and oxygen atoms in total. The molecule has 1 aromatic heterocycles. The largest absolute Gasteiger partial charge is 0.508 e. The van der Waals surface area contributed by atoms with Crippen LogP contribution in [0.3, 0.4) is 0 Å². The van der Waals surface area contributed by atoms with E-state index in [0.29, 0.717) is 27.8 Å². The van der Waals surface area contributed by atoms with Crippen molar-refractivity contribution in [1.82, 2.24) is 5.48 Å². The predicted molar refractivity (Wildman–Crippen MR) is 119 cm³/mol. The number of fused-ring (bicyclic) bond motifs is 1. The van der Waals surface area contributed by atoms with Crippen LogP contribution in [-0.2, 0) is 9.59 Å². The van der Waals surface area contributed by atoms with Crippen LogP contribution in [0.1, 0.15) is 20.3 Å². The third kappa shape index (κ3) is 5.68. The fraction of sp³-hybridized carbons (Fsp3) is 0.261. The third-order valence-electron chi connectivity index (χ3n) is 4.80. The summed E-state index contributed by atoms with van der Waals surface area (Å²) in [6, 6.07) is 11.5. The van der Waals surface area contributed by atoms with Gasteiger partial charge in [0, 0.05) is 6.07 Å². The number of aromatic hydroxyl groups is 1. The molecule has 10 heteroatoms. The van der Waals surface area contributed by atoms with E-state index in [9.17, 15) is 19.5 Å². The molecule has 0 amide bonds. The highest BCUT2D eigenvalue weighted by molar-refractivity contribution is 6.03. The van der Waals surface area contributed by atoms with E-state index in [0.717, 1.165) is 0 Å². The van der Waals surface area contributed by atoms with Crippen LogP contribution in [0.5, 0.6) is 11.5 Å². The molecule has 1 heterocycles. The van der Waals surface area contributed by atoms with E-state index in [-0.39, 0.29) is 23.5 Å². The molecule has 0 fully saturated rings. The Morgan fingerprint density at radius 1 is 1.09 bits per heavy atom. The van der Waals surface area contributed by atoms with Crippen molar-refractivity contribution >= 4 is 22.9 Å². The van der Waals surface area contributed by atoms with Gasteiger partial charge in [0.2, 0.25) is 5.54 Å². The summed E-state index contributed by atoms with van der Waals surface area (Å²) in [5.41, 5.74) is 0.585. The maximum absolute atomic E-state index is 12.5. The van der Waals surface area contributed by atoms with Crippen molar-refractivity contribution < 1.29 is 39.3 Å². The average Bonchev–Trinajstić information content (AvgIpc) is 2.78. The van der Waals surface area contributed by atoms with E-state index in [1.54, 1.807) is 51.3 Å². The van der Waals surface area contributed by atoms with Gasteiger partial charge < -0.3 is 29.7 Å². The molecule has 5 N–H and O–H groups in total. The van der Waals surface area contributed by atoms with Gasteiger partial charge in [0.05, 0.1) is 18.1 Å². The van der Waals surface area contributed by atoms with Gasteiger partial charge in [-0.15, -0.1) is 0 Å². The quantitative estimate of drug-likeness (QED) is 0.262. The van der Waals surface area contributed by atoms with Gasteiger partial charge in [-0.25, -0.2) is 9.59 Å². The number of hydrogen-bond donors (Lipinski definition) is 5. The summed E-state index contributed by atoms with van der Waals surface area (Å²) in [6.07, 6.45) is 1.24. The van der Waals surface area contributed by atoms with Crippen molar-refractivity contribution in [2.75, 3.05) is 7.11 Å². The fourth-order valence-electron chi connectivity index (χ4n) is 3.10. The SMILES string of the molecule is CC(C)CC(NO)(C(=O)O)C(=O)O.COc1ccc2c(=O)c(-c3ccc(O)cc3)coc2c1. The highest BCUT2D eigenvalue weighted by Crippen LogP contribution is 2.24. The van der Waals surface area contributed by atoms with Crippen LogP contribution in [-0.4, -0.2) is 45.1 Å². The molecule has 0 radical (unpaired) electrons. The number of hydrogen-bond acceptors (Lipinski definition) is 8. The van der Waals surface area contributed by atoms with Gasteiger partial charge in [0.15, 0.2) is 5.43 Å². The number of carboxylic acid groups (broad SMARTS) is 2. The monoisotopic (exact) mass is 459 g/mol. The maximum Gasteiger partial charge on any atom is 0.337 e. The highest BCUT2D eigenvalue weighted by Gasteiger charge is 2.46. The molecule has 0 saturated heterocycles. The molecule has 33 heavy (non-hydrogen) atoms. The van der Waals surface area contributed by atoms with Crippen LogP contribution < -0.4 is 15.6 Å². The van der Waals surface area contributed by atoms with Gasteiger partial charge in [-0.05, 0) is 42.2 Å². The molecule has 3 rings (SSSR count). The zero-order valence-corrected chi connectivity index (χ0v) is 18.2. The average molecular weight is 459 g/mol. The van der Waals surface area contributed by atoms with Crippen molar-refractivity contribution in [3.63, 3.8) is 0 Å². The summed E-state index contributed by atoms with van der Waals surface area (Å²) < 4.78 is 10.6. The van der Waals surface area contributed by atoms with Crippen molar-refractivity contribution in [2.45, 2.75) is 25.8 Å². The lowest BCUT2D eigenvalue weighted by atomic mass is 9.90. The minimum atomic E-state index is -2.30. The van der Waals surface area contributed by atoms with E-state index in [2.05, 4.69) is 0 Å². The van der Waals surface area contributed by atoms with Gasteiger partial charge in [-0.3, -0.25) is 4.79 Å². The first-order valence-electron chi connectivity index (χ1n) is 9.82. The molecule has 0 aliphatic carbocycles. The lowest BCUT2D eigenvalue weighted by molar-refractivity contribution is -0.166. The number of carboxylic acids is 2. The molecular formula is C23H25NO9. The summed E-state index contributed by atoms with van der Waals surface area (Å²) in [5, 5.41) is 35.6. The molecule has 0 aliphatic heterocycles. The van der Waals surface area contributed by atoms with Crippen LogP contribution >= 0.6 is 0 Å². The lowest BCUT2D eigenvalue weighted by Crippen LogP contribution is -2.57. The molecule has 0 aliphatic rings. The first-order valence-corrected chi connectivity index (χ1v) is 9.82. The Labute approximate surface area is 188 Å². The topological polar surface area (TPSA) is 167 Å². The Morgan fingerprint density at radius 3 is 2.15 bits per heavy atom. The number of phenols is 1. The highest BCUT2D eigenvalue weighted by atomic mass is 16.5. The second-order valence-electron chi connectivity index (χ2n) is 7.61. The molecule has 0 spiro atoms. The molecule has 0 unspecified atom stereocenters. The second kappa shape index (κ2) is 10.6. The summed E-state index contributed by atoms with van der Waals surface area (Å²) in [4.78, 5) is 33.7. The number of methoxy groups -OCH3 is 1. The van der Waals surface area contributed by atoms with Gasteiger partial charge in [0.1, 0.15) is 23.3 Å². The number of rotatable bonds is 7. The molecule has 0 atom stereocenters. The minimum absolute atomic E-state index is 0.111. The number of nitrogens with one attached hydrogen (secondary N) is 1. The summed E-state index contributed by atoms with van der Waals surface area (Å²) in [7, 11) is 1.56. The minimum Gasteiger partial charge on any atom is -0.508 e. The van der Waals surface area contributed by atoms with E-state index in [1.165, 1.54) is 23.9 Å². The van der Waals surface area contributed by atoms with Crippen LogP contribution in [0.25, 0.3) is 22.1 Å². The molecule has 0 saturated carbocycles. The van der Waals surface area contributed by atoms with E-state index in [1.807, 2.05) is 0 Å². The maximum atomic E-state index is 12.5. The molecule has 3 aromatic rings. The van der Waals surface area contributed by atoms with Crippen LogP contribution in [0.4, 0.5) is 0 Å². The summed E-state index contributed by atoms with van der Waals surface area (Å²) in [5.74, 6) is -2.57. The Hall–Kier alpha value is -3.89. The summed E-state index contributed by atoms with van der Waals surface area (Å²) >= 11 is 0. The van der Waals surface area contributed by atoms with Crippen molar-refractivity contribution in [3.05, 3.63) is 59.0 Å². The Kier molecular flexibility index (Phi) is 8.16. The van der Waals surface area contributed by atoms with Crippen LogP contribution in [0.15, 0.2) is 57.9 Å². The van der Waals surface area contributed by atoms with E-state index in [4.69, 9.17) is 24.6 Å². The van der Waals surface area contributed by atoms with Gasteiger partial charge in [0.25, 0.3) is 0 Å². The van der Waals surface area contributed by atoms with Gasteiger partial charge >= 0.3 is 11.9 Å².